The number of hydrogen-bond acceptors (Lipinski definition) is 4. The van der Waals surface area contributed by atoms with Gasteiger partial charge < -0.3 is 15.4 Å². The van der Waals surface area contributed by atoms with Gasteiger partial charge in [-0.1, -0.05) is 23.7 Å². The van der Waals surface area contributed by atoms with E-state index in [1.165, 1.54) is 35.2 Å². The van der Waals surface area contributed by atoms with E-state index in [0.29, 0.717) is 5.02 Å². The quantitative estimate of drug-likeness (QED) is 0.664. The molecule has 24 heavy (non-hydrogen) atoms. The van der Waals surface area contributed by atoms with Crippen molar-refractivity contribution in [2.75, 3.05) is 19.4 Å². The van der Waals surface area contributed by atoms with E-state index in [4.69, 9.17) is 22.1 Å². The van der Waals surface area contributed by atoms with Gasteiger partial charge in [0.2, 0.25) is 0 Å². The highest BCUT2D eigenvalue weighted by Crippen LogP contribution is 2.18. The van der Waals surface area contributed by atoms with Gasteiger partial charge in [0.25, 0.3) is 5.91 Å². The van der Waals surface area contributed by atoms with Crippen LogP contribution in [0.5, 0.6) is 0 Å². The zero-order valence-corrected chi connectivity index (χ0v) is 13.7. The molecule has 0 aliphatic heterocycles. The van der Waals surface area contributed by atoms with Crippen LogP contribution in [-0.2, 0) is 16.1 Å². The van der Waals surface area contributed by atoms with Crippen LogP contribution in [0.15, 0.2) is 42.5 Å². The standard InChI is InChI=1S/C17H16ClFN2O3/c1-21(9-11-2-5-13(19)6-3-11)16(22)10-24-17(23)14-7-4-12(18)8-15(14)20/h2-8H,9-10,20H2,1H3. The number of esters is 1. The van der Waals surface area contributed by atoms with E-state index < -0.39 is 12.6 Å². The van der Waals surface area contributed by atoms with Crippen LogP contribution >= 0.6 is 11.6 Å². The van der Waals surface area contributed by atoms with Crippen molar-refractivity contribution in [3.63, 3.8) is 0 Å². The highest BCUT2D eigenvalue weighted by molar-refractivity contribution is 6.31. The zero-order chi connectivity index (χ0) is 17.7. The number of anilines is 1. The van der Waals surface area contributed by atoms with Crippen molar-refractivity contribution < 1.29 is 18.7 Å². The molecule has 2 aromatic rings. The van der Waals surface area contributed by atoms with Gasteiger partial charge in [-0.15, -0.1) is 0 Å². The fourth-order valence-corrected chi connectivity index (χ4v) is 2.17. The lowest BCUT2D eigenvalue weighted by Crippen LogP contribution is -2.30. The summed E-state index contributed by atoms with van der Waals surface area (Å²) in [6.45, 7) is -0.141. The van der Waals surface area contributed by atoms with Crippen molar-refractivity contribution in [2.45, 2.75) is 6.54 Å². The van der Waals surface area contributed by atoms with Crippen molar-refractivity contribution in [1.82, 2.24) is 4.90 Å². The molecular formula is C17H16ClFN2O3. The van der Waals surface area contributed by atoms with Crippen LogP contribution in [0.4, 0.5) is 10.1 Å². The SMILES string of the molecule is CN(Cc1ccc(F)cc1)C(=O)COC(=O)c1ccc(Cl)cc1N. The van der Waals surface area contributed by atoms with Gasteiger partial charge in [-0.2, -0.15) is 0 Å². The predicted octanol–water partition coefficient (Wildman–Crippen LogP) is 2.88. The Labute approximate surface area is 143 Å². The number of rotatable bonds is 5. The number of likely N-dealkylation sites (N-methyl/N-ethyl adjacent to an activating group) is 1. The summed E-state index contributed by atoms with van der Waals surface area (Å²) in [5.74, 6) is -1.44. The fraction of sp³-hybridized carbons (Fsp3) is 0.176. The van der Waals surface area contributed by atoms with Crippen molar-refractivity contribution >= 4 is 29.2 Å². The maximum absolute atomic E-state index is 12.9. The van der Waals surface area contributed by atoms with Gasteiger partial charge >= 0.3 is 5.97 Å². The molecule has 0 spiro atoms. The Balaban J connectivity index is 1.89. The van der Waals surface area contributed by atoms with E-state index in [9.17, 15) is 14.0 Å². The Kier molecular flexibility index (Phi) is 5.76. The Morgan fingerprint density at radius 1 is 1.21 bits per heavy atom. The second kappa shape index (κ2) is 7.79. The number of carbonyl (C=O) groups is 2. The molecule has 0 saturated carbocycles. The average molecular weight is 351 g/mol. The lowest BCUT2D eigenvalue weighted by molar-refractivity contribution is -0.133. The minimum absolute atomic E-state index is 0.147. The Morgan fingerprint density at radius 2 is 1.88 bits per heavy atom. The molecule has 7 heteroatoms. The molecular weight excluding hydrogens is 335 g/mol. The van der Waals surface area contributed by atoms with Gasteiger partial charge in [0.1, 0.15) is 5.82 Å². The Hall–Kier alpha value is -2.60. The third-order valence-electron chi connectivity index (χ3n) is 3.32. The molecule has 0 aliphatic carbocycles. The first-order chi connectivity index (χ1) is 11.4. The van der Waals surface area contributed by atoms with E-state index in [-0.39, 0.29) is 29.5 Å². The van der Waals surface area contributed by atoms with Crippen molar-refractivity contribution in [3.8, 4) is 0 Å². The number of nitrogen functional groups attached to an aromatic ring is 1. The molecule has 1 amide bonds. The summed E-state index contributed by atoms with van der Waals surface area (Å²) in [7, 11) is 1.57. The summed E-state index contributed by atoms with van der Waals surface area (Å²) in [5, 5.41) is 0.402. The number of halogens is 2. The Morgan fingerprint density at radius 3 is 2.50 bits per heavy atom. The van der Waals surface area contributed by atoms with Gasteiger partial charge in [0, 0.05) is 24.3 Å². The first-order valence-electron chi connectivity index (χ1n) is 7.07. The summed E-state index contributed by atoms with van der Waals surface area (Å²) in [6.07, 6.45) is 0. The topological polar surface area (TPSA) is 72.6 Å². The molecule has 0 heterocycles. The van der Waals surface area contributed by atoms with Crippen molar-refractivity contribution in [2.24, 2.45) is 0 Å². The molecule has 0 aromatic heterocycles. The van der Waals surface area contributed by atoms with Crippen LogP contribution in [-0.4, -0.2) is 30.4 Å². The molecule has 0 fully saturated rings. The lowest BCUT2D eigenvalue weighted by Gasteiger charge is -2.17. The minimum atomic E-state index is -0.701. The average Bonchev–Trinajstić information content (AvgIpc) is 2.54. The number of amides is 1. The minimum Gasteiger partial charge on any atom is -0.452 e. The molecule has 0 saturated heterocycles. The molecule has 2 rings (SSSR count). The summed E-state index contributed by atoms with van der Waals surface area (Å²) < 4.78 is 17.8. The molecule has 126 valence electrons. The van der Waals surface area contributed by atoms with Crippen LogP contribution in [0.2, 0.25) is 5.02 Å². The number of benzene rings is 2. The fourth-order valence-electron chi connectivity index (χ4n) is 1.99. The van der Waals surface area contributed by atoms with Crippen LogP contribution in [0.3, 0.4) is 0 Å². The van der Waals surface area contributed by atoms with Crippen LogP contribution in [0, 0.1) is 5.82 Å². The Bertz CT molecular complexity index is 750. The first-order valence-corrected chi connectivity index (χ1v) is 7.45. The van der Waals surface area contributed by atoms with E-state index in [1.54, 1.807) is 19.2 Å². The number of hydrogen-bond donors (Lipinski definition) is 1. The third-order valence-corrected chi connectivity index (χ3v) is 3.55. The number of ether oxygens (including phenoxy) is 1. The lowest BCUT2D eigenvalue weighted by atomic mass is 10.2. The maximum Gasteiger partial charge on any atom is 0.340 e. The largest absolute Gasteiger partial charge is 0.452 e. The van der Waals surface area contributed by atoms with Crippen molar-refractivity contribution in [1.29, 1.82) is 0 Å². The number of nitrogens with zero attached hydrogens (tertiary/aromatic N) is 1. The molecule has 0 radical (unpaired) electrons. The van der Waals surface area contributed by atoms with Crippen LogP contribution < -0.4 is 5.73 Å². The molecule has 5 nitrogen and oxygen atoms in total. The third kappa shape index (κ3) is 4.70. The molecule has 0 bridgehead atoms. The second-order valence-electron chi connectivity index (χ2n) is 5.18. The maximum atomic E-state index is 12.9. The van der Waals surface area contributed by atoms with E-state index in [1.807, 2.05) is 0 Å². The second-order valence-corrected chi connectivity index (χ2v) is 5.62. The highest BCUT2D eigenvalue weighted by Gasteiger charge is 2.16. The summed E-state index contributed by atoms with van der Waals surface area (Å²) in [5.41, 5.74) is 6.78. The van der Waals surface area contributed by atoms with E-state index >= 15 is 0 Å². The molecule has 0 aliphatic rings. The normalized spacial score (nSPS) is 10.3. The molecule has 2 N–H and O–H groups in total. The van der Waals surface area contributed by atoms with Gasteiger partial charge in [-0.3, -0.25) is 4.79 Å². The van der Waals surface area contributed by atoms with Gasteiger partial charge in [-0.05, 0) is 35.9 Å². The van der Waals surface area contributed by atoms with E-state index in [2.05, 4.69) is 0 Å². The molecule has 0 unspecified atom stereocenters. The van der Waals surface area contributed by atoms with Crippen LogP contribution in [0.1, 0.15) is 15.9 Å². The molecule has 2 aromatic carbocycles. The van der Waals surface area contributed by atoms with Gasteiger partial charge in [0.15, 0.2) is 6.61 Å². The van der Waals surface area contributed by atoms with Crippen molar-refractivity contribution in [3.05, 3.63) is 64.4 Å². The molecule has 0 atom stereocenters. The van der Waals surface area contributed by atoms with Gasteiger partial charge in [-0.25, -0.2) is 9.18 Å². The van der Waals surface area contributed by atoms with E-state index in [0.717, 1.165) is 5.56 Å². The number of nitrogens with two attached hydrogens (primary N) is 1. The monoisotopic (exact) mass is 350 g/mol. The number of carbonyl (C=O) groups excluding carboxylic acids is 2. The highest BCUT2D eigenvalue weighted by atomic mass is 35.5. The summed E-state index contributed by atoms with van der Waals surface area (Å²) in [6, 6.07) is 10.2. The zero-order valence-electron chi connectivity index (χ0n) is 13.0. The van der Waals surface area contributed by atoms with Gasteiger partial charge in [0.05, 0.1) is 5.56 Å². The summed E-state index contributed by atoms with van der Waals surface area (Å²) in [4.78, 5) is 25.3. The first kappa shape index (κ1) is 17.7. The smallest absolute Gasteiger partial charge is 0.340 e. The summed E-state index contributed by atoms with van der Waals surface area (Å²) >= 11 is 5.76. The predicted molar refractivity (Wildman–Crippen MR) is 89.0 cm³/mol. The van der Waals surface area contributed by atoms with Crippen LogP contribution in [0.25, 0.3) is 0 Å².